The number of thiazole rings is 1. The number of carbonyl (C=O) groups is 1. The fraction of sp³-hybridized carbons (Fsp3) is 0.412. The van der Waals surface area contributed by atoms with Gasteiger partial charge < -0.3 is 10.1 Å². The summed E-state index contributed by atoms with van der Waals surface area (Å²) in [5.41, 5.74) is 6.45. The van der Waals surface area contributed by atoms with E-state index < -0.39 is 6.10 Å². The number of aryl methyl sites for hydroxylation is 3. The molecular weight excluding hydrogens is 296 g/mol. The standard InChI is InChI=1S/C17H20N2O2S/c1-10-6-13-8-15(21-14(13)7-11(10)2)17(20)18-5-4-16-12(3)19-9-22-16/h6-7,9,15H,4-5,8H2,1-3H3,(H,18,20). The number of aromatic nitrogens is 1. The smallest absolute Gasteiger partial charge is 0.261 e. The summed E-state index contributed by atoms with van der Waals surface area (Å²) in [6.45, 7) is 6.76. The Morgan fingerprint density at radius 3 is 2.86 bits per heavy atom. The summed E-state index contributed by atoms with van der Waals surface area (Å²) in [6, 6.07) is 4.15. The van der Waals surface area contributed by atoms with E-state index in [4.69, 9.17) is 4.74 Å². The van der Waals surface area contributed by atoms with Crippen LogP contribution in [0.2, 0.25) is 0 Å². The molecule has 2 aromatic rings. The summed E-state index contributed by atoms with van der Waals surface area (Å²) in [6.07, 6.45) is 1.07. The zero-order valence-electron chi connectivity index (χ0n) is 13.1. The summed E-state index contributed by atoms with van der Waals surface area (Å²) < 4.78 is 5.79. The highest BCUT2D eigenvalue weighted by Gasteiger charge is 2.29. The maximum Gasteiger partial charge on any atom is 0.261 e. The lowest BCUT2D eigenvalue weighted by Crippen LogP contribution is -2.38. The van der Waals surface area contributed by atoms with Crippen molar-refractivity contribution >= 4 is 17.2 Å². The van der Waals surface area contributed by atoms with E-state index in [0.29, 0.717) is 13.0 Å². The Morgan fingerprint density at radius 1 is 1.36 bits per heavy atom. The maximum atomic E-state index is 12.2. The SMILES string of the molecule is Cc1cc2c(cc1C)OC(C(=O)NCCc1scnc1C)C2. The van der Waals surface area contributed by atoms with E-state index in [1.165, 1.54) is 16.0 Å². The molecule has 0 saturated carbocycles. The van der Waals surface area contributed by atoms with Gasteiger partial charge in [0, 0.05) is 24.3 Å². The Bertz CT molecular complexity index is 678. The van der Waals surface area contributed by atoms with E-state index in [-0.39, 0.29) is 5.91 Å². The second-order valence-electron chi connectivity index (χ2n) is 5.76. The van der Waals surface area contributed by atoms with Gasteiger partial charge in [-0.2, -0.15) is 0 Å². The molecule has 1 aromatic carbocycles. The Hall–Kier alpha value is -1.88. The lowest BCUT2D eigenvalue weighted by molar-refractivity contribution is -0.127. The van der Waals surface area contributed by atoms with Crippen LogP contribution in [0.4, 0.5) is 0 Å². The van der Waals surface area contributed by atoms with Crippen molar-refractivity contribution in [2.75, 3.05) is 6.54 Å². The van der Waals surface area contributed by atoms with E-state index in [2.05, 4.69) is 30.2 Å². The van der Waals surface area contributed by atoms with Crippen molar-refractivity contribution in [2.45, 2.75) is 39.7 Å². The molecule has 0 aliphatic carbocycles. The number of fused-ring (bicyclic) bond motifs is 1. The van der Waals surface area contributed by atoms with Gasteiger partial charge >= 0.3 is 0 Å². The molecule has 22 heavy (non-hydrogen) atoms. The highest BCUT2D eigenvalue weighted by molar-refractivity contribution is 7.09. The fourth-order valence-electron chi connectivity index (χ4n) is 2.64. The van der Waals surface area contributed by atoms with E-state index in [1.54, 1.807) is 11.3 Å². The molecule has 1 aromatic heterocycles. The fourth-order valence-corrected chi connectivity index (χ4v) is 3.42. The van der Waals surface area contributed by atoms with Gasteiger partial charge in [0.15, 0.2) is 6.10 Å². The molecule has 1 amide bonds. The van der Waals surface area contributed by atoms with Gasteiger partial charge in [0.05, 0.1) is 11.2 Å². The molecule has 0 radical (unpaired) electrons. The summed E-state index contributed by atoms with van der Waals surface area (Å²) in [4.78, 5) is 17.7. The highest BCUT2D eigenvalue weighted by atomic mass is 32.1. The predicted molar refractivity (Wildman–Crippen MR) is 87.6 cm³/mol. The van der Waals surface area contributed by atoms with Gasteiger partial charge in [0.2, 0.25) is 0 Å². The monoisotopic (exact) mass is 316 g/mol. The average molecular weight is 316 g/mol. The van der Waals surface area contributed by atoms with Crippen LogP contribution in [-0.4, -0.2) is 23.5 Å². The lowest BCUT2D eigenvalue weighted by Gasteiger charge is -2.11. The number of amides is 1. The van der Waals surface area contributed by atoms with E-state index in [9.17, 15) is 4.79 Å². The molecule has 0 fully saturated rings. The van der Waals surface area contributed by atoms with Crippen LogP contribution in [0.15, 0.2) is 17.6 Å². The molecule has 0 spiro atoms. The largest absolute Gasteiger partial charge is 0.480 e. The molecule has 2 heterocycles. The summed E-state index contributed by atoms with van der Waals surface area (Å²) >= 11 is 1.63. The van der Waals surface area contributed by atoms with Gasteiger partial charge in [0.1, 0.15) is 5.75 Å². The Morgan fingerprint density at radius 2 is 2.14 bits per heavy atom. The van der Waals surface area contributed by atoms with Crippen LogP contribution in [0.25, 0.3) is 0 Å². The number of hydrogen-bond donors (Lipinski definition) is 1. The number of benzene rings is 1. The molecule has 116 valence electrons. The summed E-state index contributed by atoms with van der Waals surface area (Å²) in [7, 11) is 0. The van der Waals surface area contributed by atoms with Crippen LogP contribution < -0.4 is 10.1 Å². The first kappa shape index (κ1) is 15.0. The number of nitrogens with zero attached hydrogens (tertiary/aromatic N) is 1. The van der Waals surface area contributed by atoms with Crippen molar-refractivity contribution in [3.05, 3.63) is 44.9 Å². The summed E-state index contributed by atoms with van der Waals surface area (Å²) in [5, 5.41) is 2.97. The average Bonchev–Trinajstić information content (AvgIpc) is 3.06. The first-order chi connectivity index (χ1) is 10.5. The zero-order chi connectivity index (χ0) is 15.7. The number of rotatable bonds is 4. The minimum Gasteiger partial charge on any atom is -0.480 e. The Kier molecular flexibility index (Phi) is 4.16. The summed E-state index contributed by atoms with van der Waals surface area (Å²) in [5.74, 6) is 0.815. The molecule has 4 nitrogen and oxygen atoms in total. The van der Waals surface area contributed by atoms with E-state index in [1.807, 2.05) is 18.5 Å². The maximum absolute atomic E-state index is 12.2. The molecule has 1 unspecified atom stereocenters. The van der Waals surface area contributed by atoms with Gasteiger partial charge in [-0.1, -0.05) is 6.07 Å². The van der Waals surface area contributed by atoms with E-state index in [0.717, 1.165) is 23.4 Å². The number of carbonyl (C=O) groups excluding carboxylic acids is 1. The van der Waals surface area contributed by atoms with Gasteiger partial charge in [-0.05, 0) is 43.5 Å². The second-order valence-corrected chi connectivity index (χ2v) is 6.70. The van der Waals surface area contributed by atoms with Crippen LogP contribution in [-0.2, 0) is 17.6 Å². The molecule has 5 heteroatoms. The minimum atomic E-state index is -0.404. The van der Waals surface area contributed by atoms with Gasteiger partial charge in [-0.25, -0.2) is 4.98 Å². The molecule has 1 aliphatic heterocycles. The first-order valence-corrected chi connectivity index (χ1v) is 8.36. The second kappa shape index (κ2) is 6.08. The molecule has 0 bridgehead atoms. The normalized spacial score (nSPS) is 16.2. The van der Waals surface area contributed by atoms with Gasteiger partial charge in [0.25, 0.3) is 5.91 Å². The Labute approximate surface area is 134 Å². The van der Waals surface area contributed by atoms with Crippen molar-refractivity contribution < 1.29 is 9.53 Å². The van der Waals surface area contributed by atoms with E-state index >= 15 is 0 Å². The molecule has 1 aliphatic rings. The lowest BCUT2D eigenvalue weighted by atomic mass is 10.0. The van der Waals surface area contributed by atoms with Crippen LogP contribution in [0.3, 0.4) is 0 Å². The van der Waals surface area contributed by atoms with Crippen molar-refractivity contribution in [3.8, 4) is 5.75 Å². The van der Waals surface area contributed by atoms with Crippen molar-refractivity contribution in [3.63, 3.8) is 0 Å². The number of hydrogen-bond acceptors (Lipinski definition) is 4. The van der Waals surface area contributed by atoms with Gasteiger partial charge in [-0.3, -0.25) is 4.79 Å². The third kappa shape index (κ3) is 2.99. The molecule has 0 saturated heterocycles. The third-order valence-corrected chi connectivity index (χ3v) is 5.13. The van der Waals surface area contributed by atoms with Crippen LogP contribution >= 0.6 is 11.3 Å². The Balaban J connectivity index is 1.55. The van der Waals surface area contributed by atoms with Crippen LogP contribution in [0.5, 0.6) is 5.75 Å². The predicted octanol–water partition coefficient (Wildman–Crippen LogP) is 2.73. The van der Waals surface area contributed by atoms with Gasteiger partial charge in [-0.15, -0.1) is 11.3 Å². The molecule has 1 N–H and O–H groups in total. The van der Waals surface area contributed by atoms with Crippen molar-refractivity contribution in [2.24, 2.45) is 0 Å². The topological polar surface area (TPSA) is 51.2 Å². The molecule has 1 atom stereocenters. The number of ether oxygens (including phenoxy) is 1. The molecule has 3 rings (SSSR count). The van der Waals surface area contributed by atoms with Crippen molar-refractivity contribution in [1.29, 1.82) is 0 Å². The van der Waals surface area contributed by atoms with Crippen LogP contribution in [0.1, 0.15) is 27.3 Å². The van der Waals surface area contributed by atoms with Crippen LogP contribution in [0, 0.1) is 20.8 Å². The highest BCUT2D eigenvalue weighted by Crippen LogP contribution is 2.31. The third-order valence-electron chi connectivity index (χ3n) is 4.14. The van der Waals surface area contributed by atoms with Crippen molar-refractivity contribution in [1.82, 2.24) is 10.3 Å². The first-order valence-electron chi connectivity index (χ1n) is 7.48. The quantitative estimate of drug-likeness (QED) is 0.943. The zero-order valence-corrected chi connectivity index (χ0v) is 13.9. The molecular formula is C17H20N2O2S. The minimum absolute atomic E-state index is 0.0336. The number of nitrogens with one attached hydrogen (secondary N) is 1.